The Balaban J connectivity index is 2.36. The van der Waals surface area contributed by atoms with Crippen molar-refractivity contribution in [1.82, 2.24) is 10.3 Å². The van der Waals surface area contributed by atoms with Crippen LogP contribution in [0.25, 0.3) is 10.9 Å². The van der Waals surface area contributed by atoms with E-state index in [9.17, 15) is 9.59 Å². The zero-order valence-corrected chi connectivity index (χ0v) is 10.3. The second-order valence-corrected chi connectivity index (χ2v) is 4.18. The fourth-order valence-electron chi connectivity index (χ4n) is 1.67. The van der Waals surface area contributed by atoms with Crippen LogP contribution in [-0.4, -0.2) is 22.7 Å². The Morgan fingerprint density at radius 1 is 1.22 bits per heavy atom. The van der Waals surface area contributed by atoms with Gasteiger partial charge in [-0.05, 0) is 26.0 Å². The van der Waals surface area contributed by atoms with Gasteiger partial charge < -0.3 is 5.32 Å². The van der Waals surface area contributed by atoms with Crippen molar-refractivity contribution in [3.8, 4) is 0 Å². The van der Waals surface area contributed by atoms with Crippen LogP contribution in [0.3, 0.4) is 0 Å². The number of hydrogen-bond acceptors (Lipinski definition) is 3. The maximum absolute atomic E-state index is 12.1. The van der Waals surface area contributed by atoms with E-state index >= 15 is 0 Å². The molecule has 1 N–H and O–H groups in total. The number of nitrogens with zero attached hydrogens (tertiary/aromatic N) is 1. The van der Waals surface area contributed by atoms with Crippen LogP contribution in [0.4, 0.5) is 0 Å². The van der Waals surface area contributed by atoms with Crippen molar-refractivity contribution in [1.29, 1.82) is 0 Å². The van der Waals surface area contributed by atoms with Crippen LogP contribution >= 0.6 is 0 Å². The quantitative estimate of drug-likeness (QED) is 0.894. The van der Waals surface area contributed by atoms with Gasteiger partial charge in [-0.25, -0.2) is 0 Å². The number of para-hydroxylation sites is 1. The molecule has 0 saturated heterocycles. The molecule has 1 aromatic carbocycles. The Morgan fingerprint density at radius 2 is 1.94 bits per heavy atom. The minimum atomic E-state index is -0.482. The highest BCUT2D eigenvalue weighted by Crippen LogP contribution is 2.16. The highest BCUT2D eigenvalue weighted by molar-refractivity contribution is 6.07. The second kappa shape index (κ2) is 4.96. The lowest BCUT2D eigenvalue weighted by molar-refractivity contribution is -0.118. The van der Waals surface area contributed by atoms with E-state index in [4.69, 9.17) is 0 Å². The molecule has 2 rings (SSSR count). The van der Waals surface area contributed by atoms with Crippen LogP contribution in [-0.2, 0) is 4.79 Å². The zero-order valence-electron chi connectivity index (χ0n) is 10.3. The van der Waals surface area contributed by atoms with E-state index in [-0.39, 0.29) is 11.7 Å². The number of carbonyl (C=O) groups excluding carboxylic acids is 2. The first-order chi connectivity index (χ1) is 8.59. The molecule has 0 unspecified atom stereocenters. The van der Waals surface area contributed by atoms with Crippen LogP contribution in [0.15, 0.2) is 36.5 Å². The summed E-state index contributed by atoms with van der Waals surface area (Å²) in [5, 5.41) is 3.46. The average Bonchev–Trinajstić information content (AvgIpc) is 2.37. The molecule has 92 valence electrons. The van der Waals surface area contributed by atoms with E-state index in [0.29, 0.717) is 5.56 Å². The number of amides is 1. The maximum atomic E-state index is 12.1. The van der Waals surface area contributed by atoms with E-state index in [2.05, 4.69) is 10.3 Å². The van der Waals surface area contributed by atoms with Crippen molar-refractivity contribution in [2.45, 2.75) is 19.9 Å². The fourth-order valence-corrected chi connectivity index (χ4v) is 1.67. The van der Waals surface area contributed by atoms with Gasteiger partial charge in [0.1, 0.15) is 0 Å². The van der Waals surface area contributed by atoms with Gasteiger partial charge >= 0.3 is 0 Å². The Labute approximate surface area is 105 Å². The van der Waals surface area contributed by atoms with Crippen molar-refractivity contribution < 1.29 is 9.59 Å². The number of hydrogen-bond donors (Lipinski definition) is 1. The maximum Gasteiger partial charge on any atom is 0.252 e. The van der Waals surface area contributed by atoms with E-state index in [1.165, 1.54) is 6.92 Å². The van der Waals surface area contributed by atoms with Gasteiger partial charge in [0.25, 0.3) is 5.91 Å². The first-order valence-electron chi connectivity index (χ1n) is 5.74. The third kappa shape index (κ3) is 2.37. The van der Waals surface area contributed by atoms with Crippen molar-refractivity contribution in [2.24, 2.45) is 0 Å². The van der Waals surface area contributed by atoms with Crippen LogP contribution in [0.2, 0.25) is 0 Å². The molecule has 1 aromatic heterocycles. The van der Waals surface area contributed by atoms with E-state index in [1.807, 2.05) is 24.3 Å². The summed E-state index contributed by atoms with van der Waals surface area (Å²) in [4.78, 5) is 27.4. The third-order valence-corrected chi connectivity index (χ3v) is 2.85. The molecule has 18 heavy (non-hydrogen) atoms. The lowest BCUT2D eigenvalue weighted by Gasteiger charge is -2.11. The molecule has 1 atom stereocenters. The van der Waals surface area contributed by atoms with Crippen LogP contribution in [0, 0.1) is 0 Å². The molecule has 0 aliphatic heterocycles. The largest absolute Gasteiger partial charge is 0.343 e. The van der Waals surface area contributed by atoms with Crippen molar-refractivity contribution in [2.75, 3.05) is 0 Å². The van der Waals surface area contributed by atoms with E-state index in [0.717, 1.165) is 10.9 Å². The van der Waals surface area contributed by atoms with Crippen molar-refractivity contribution in [3.63, 3.8) is 0 Å². The van der Waals surface area contributed by atoms with Gasteiger partial charge in [-0.1, -0.05) is 18.2 Å². The predicted molar refractivity (Wildman–Crippen MR) is 69.4 cm³/mol. The molecule has 0 fully saturated rings. The van der Waals surface area contributed by atoms with Gasteiger partial charge in [0.05, 0.1) is 17.1 Å². The molecule has 1 amide bonds. The molecule has 0 radical (unpaired) electrons. The summed E-state index contributed by atoms with van der Waals surface area (Å²) >= 11 is 0. The topological polar surface area (TPSA) is 59.1 Å². The van der Waals surface area contributed by atoms with E-state index in [1.54, 1.807) is 19.2 Å². The minimum absolute atomic E-state index is 0.0679. The normalized spacial score (nSPS) is 12.1. The van der Waals surface area contributed by atoms with Crippen molar-refractivity contribution >= 4 is 22.6 Å². The smallest absolute Gasteiger partial charge is 0.252 e. The number of nitrogens with one attached hydrogen (secondary N) is 1. The van der Waals surface area contributed by atoms with Gasteiger partial charge in [0.2, 0.25) is 0 Å². The summed E-state index contributed by atoms with van der Waals surface area (Å²) in [6, 6.07) is 8.59. The van der Waals surface area contributed by atoms with Gasteiger partial charge in [-0.3, -0.25) is 14.6 Å². The molecule has 1 heterocycles. The molecular formula is C14H14N2O2. The first-order valence-corrected chi connectivity index (χ1v) is 5.74. The summed E-state index contributed by atoms with van der Waals surface area (Å²) < 4.78 is 0. The molecule has 4 nitrogen and oxygen atoms in total. The molecular weight excluding hydrogens is 228 g/mol. The van der Waals surface area contributed by atoms with Crippen LogP contribution < -0.4 is 5.32 Å². The monoisotopic (exact) mass is 242 g/mol. The van der Waals surface area contributed by atoms with Gasteiger partial charge in [0, 0.05) is 11.6 Å². The summed E-state index contributed by atoms with van der Waals surface area (Å²) in [6.45, 7) is 3.12. The van der Waals surface area contributed by atoms with Gasteiger partial charge in [-0.15, -0.1) is 0 Å². The zero-order chi connectivity index (χ0) is 13.1. The number of fused-ring (bicyclic) bond motifs is 1. The number of aromatic nitrogens is 1. The summed E-state index contributed by atoms with van der Waals surface area (Å²) in [5.41, 5.74) is 1.30. The number of benzene rings is 1. The fraction of sp³-hybridized carbons (Fsp3) is 0.214. The number of carbonyl (C=O) groups is 2. The summed E-state index contributed by atoms with van der Waals surface area (Å²) in [5.74, 6) is -0.321. The van der Waals surface area contributed by atoms with Gasteiger partial charge in [0.15, 0.2) is 5.78 Å². The average molecular weight is 242 g/mol. The third-order valence-electron chi connectivity index (χ3n) is 2.85. The first kappa shape index (κ1) is 12.2. The molecule has 0 spiro atoms. The minimum Gasteiger partial charge on any atom is -0.343 e. The van der Waals surface area contributed by atoms with Crippen LogP contribution in [0.5, 0.6) is 0 Å². The SMILES string of the molecule is CC(=O)[C@@H](C)NC(=O)c1ccnc2ccccc12. The molecule has 0 aliphatic rings. The molecule has 0 bridgehead atoms. The van der Waals surface area contributed by atoms with Crippen LogP contribution in [0.1, 0.15) is 24.2 Å². The molecule has 4 heteroatoms. The number of pyridine rings is 1. The summed E-state index contributed by atoms with van der Waals surface area (Å²) in [6.07, 6.45) is 1.59. The molecule has 0 saturated carbocycles. The standard InChI is InChI=1S/C14H14N2O2/c1-9(10(2)17)16-14(18)12-7-8-15-13-6-4-3-5-11(12)13/h3-9H,1-2H3,(H,16,18)/t9-/m1/s1. The predicted octanol–water partition coefficient (Wildman–Crippen LogP) is 1.94. The Bertz CT molecular complexity index is 602. The van der Waals surface area contributed by atoms with Gasteiger partial charge in [-0.2, -0.15) is 0 Å². The number of ketones is 1. The highest BCUT2D eigenvalue weighted by Gasteiger charge is 2.15. The molecule has 2 aromatic rings. The van der Waals surface area contributed by atoms with E-state index < -0.39 is 6.04 Å². The Hall–Kier alpha value is -2.23. The van der Waals surface area contributed by atoms with Crippen molar-refractivity contribution in [3.05, 3.63) is 42.1 Å². The highest BCUT2D eigenvalue weighted by atomic mass is 16.2. The Morgan fingerprint density at radius 3 is 2.67 bits per heavy atom. The lowest BCUT2D eigenvalue weighted by atomic mass is 10.1. The lowest BCUT2D eigenvalue weighted by Crippen LogP contribution is -2.37. The second-order valence-electron chi connectivity index (χ2n) is 4.18. The number of Topliss-reactive ketones (excluding diaryl/α,β-unsaturated/α-hetero) is 1. The number of rotatable bonds is 3. The summed E-state index contributed by atoms with van der Waals surface area (Å²) in [7, 11) is 0. The molecule has 0 aliphatic carbocycles. The Kier molecular flexibility index (Phi) is 3.37.